The minimum Gasteiger partial charge on any atom is -0.380 e. The van der Waals surface area contributed by atoms with Crippen LogP contribution in [-0.4, -0.2) is 191 Å². The Morgan fingerprint density at radius 1 is 0.200 bits per heavy atom. The van der Waals surface area contributed by atoms with Gasteiger partial charge in [-0.15, -0.1) is 0 Å². The second kappa shape index (κ2) is 31.3. The van der Waals surface area contributed by atoms with Crippen LogP contribution < -0.4 is 107 Å². The Morgan fingerprint density at radius 3 is 0.375 bits per heavy atom. The zero-order chi connectivity index (χ0) is 57.7. The van der Waals surface area contributed by atoms with Crippen molar-refractivity contribution in [1.29, 1.82) is 0 Å². The van der Waals surface area contributed by atoms with E-state index in [4.69, 9.17) is 0 Å². The van der Waals surface area contributed by atoms with Crippen molar-refractivity contribution in [3.63, 3.8) is 0 Å². The summed E-state index contributed by atoms with van der Waals surface area (Å²) in [5.74, 6) is 0. The molecule has 0 aliphatic carbocycles. The molecule has 0 saturated carbocycles. The molecule has 0 fully saturated rings. The number of nitrogens with one attached hydrogen (secondary N) is 10. The van der Waals surface area contributed by atoms with Crippen LogP contribution in [0.1, 0.15) is 78.5 Å². The normalized spacial score (nSPS) is 19.3. The van der Waals surface area contributed by atoms with Gasteiger partial charge < -0.3 is 77.7 Å². The van der Waals surface area contributed by atoms with E-state index in [1.54, 1.807) is 0 Å². The Morgan fingerprint density at radius 2 is 0.287 bits per heavy atom. The van der Waals surface area contributed by atoms with E-state index in [2.05, 4.69) is 77.7 Å². The lowest BCUT2D eigenvalue weighted by molar-refractivity contribution is 0.331. The van der Waals surface area contributed by atoms with E-state index in [-0.39, 0.29) is 14.3 Å². The van der Waals surface area contributed by atoms with Crippen LogP contribution in [0.25, 0.3) is 0 Å². The summed E-state index contributed by atoms with van der Waals surface area (Å²) in [6.07, 6.45) is 7.29. The molecule has 0 saturated heterocycles. The molecule has 460 valence electrons. The van der Waals surface area contributed by atoms with Crippen LogP contribution in [0, 0.1) is 0 Å². The lowest BCUT2D eigenvalue weighted by Gasteiger charge is -2.20. The first-order chi connectivity index (χ1) is 38.5. The molecule has 25 heteroatoms. The minimum atomic E-state index is -0.528. The van der Waals surface area contributed by atoms with Crippen LogP contribution in [0.5, 0.6) is 0 Å². The molecule has 80 heavy (non-hydrogen) atoms. The number of rotatable bonds is 0. The molecule has 0 atom stereocenters. The summed E-state index contributed by atoms with van der Waals surface area (Å²) < 4.78 is 0. The van der Waals surface area contributed by atoms with E-state index < -0.39 is 54.3 Å². The van der Waals surface area contributed by atoms with Gasteiger partial charge in [-0.05, 0) is 165 Å². The lowest BCUT2D eigenvalue weighted by Crippen LogP contribution is -2.38. The maximum absolute atomic E-state index is 12.4. The molecule has 6 rings (SSSR count). The van der Waals surface area contributed by atoms with Crippen molar-refractivity contribution in [1.82, 2.24) is 24.5 Å². The Balaban J connectivity index is -0.00000241. The molecule has 10 N–H and O–H groups in total. The third kappa shape index (κ3) is 17.1. The van der Waals surface area contributed by atoms with Crippen molar-refractivity contribution in [3.05, 3.63) is 102 Å². The molecule has 5 aromatic rings. The predicted octanol–water partition coefficient (Wildman–Crippen LogP) is 1.62. The molecule has 0 aromatic heterocycles. The Kier molecular flexibility index (Phi) is 24.4. The molecule has 5 aromatic carbocycles. The zero-order valence-electron chi connectivity index (χ0n) is 47.5. The van der Waals surface area contributed by atoms with Gasteiger partial charge in [0.15, 0.2) is 0 Å². The van der Waals surface area contributed by atoms with Gasteiger partial charge in [-0.1, -0.05) is 0 Å². The van der Waals surface area contributed by atoms with Crippen molar-refractivity contribution in [3.8, 4) is 0 Å². The number of nitrogens with zero attached hydrogens (tertiary/aromatic N) is 5. The van der Waals surface area contributed by atoms with Crippen LogP contribution in [-0.2, 0) is 0 Å². The SMILES string of the molecule is CN1CCCNc2c(c(=O)c2=O)NCCCN(C)CCCNc2c(c(=O)c2=O)NCCCN(C)CCCNc2c(c(=O)c2=O)NCCCN(C)CCCNc2c(c(=O)c2=O)NCCCN(C)CCCNc2c(c(=O)c2=O)NCCC1.[HH].[HH].[HH].[HH].[HH].[HH].[HH].[HH].[HH].[HH]. The quantitative estimate of drug-likeness (QED) is 0.0986. The molecule has 1 heterocycles. The zero-order valence-corrected chi connectivity index (χ0v) is 47.5. The fourth-order valence-electron chi connectivity index (χ4n) is 9.83. The molecule has 0 amide bonds. The number of fused-ring (bicyclic) bond motifs is 5. The number of anilines is 10. The first kappa shape index (κ1) is 62.4. The maximum Gasteiger partial charge on any atom is 0.253 e. The van der Waals surface area contributed by atoms with Crippen LogP contribution in [0.4, 0.5) is 56.9 Å². The van der Waals surface area contributed by atoms with E-state index in [0.29, 0.717) is 122 Å². The molecule has 0 bridgehead atoms. The number of hydrogen-bond donors (Lipinski definition) is 10. The highest BCUT2D eigenvalue weighted by Crippen LogP contribution is 2.19. The smallest absolute Gasteiger partial charge is 0.253 e. The van der Waals surface area contributed by atoms with Gasteiger partial charge in [0.2, 0.25) is 0 Å². The van der Waals surface area contributed by atoms with Gasteiger partial charge in [0.05, 0.1) is 0 Å². The van der Waals surface area contributed by atoms with Crippen LogP contribution in [0.3, 0.4) is 0 Å². The molecular formula is C55H105N15O10. The van der Waals surface area contributed by atoms with Gasteiger partial charge in [0, 0.05) is 79.7 Å². The molecule has 1 aliphatic rings. The Bertz CT molecular complexity index is 2500. The molecule has 0 radical (unpaired) electrons. The van der Waals surface area contributed by atoms with Crippen molar-refractivity contribution in [2.45, 2.75) is 64.2 Å². The van der Waals surface area contributed by atoms with Gasteiger partial charge in [-0.25, -0.2) is 0 Å². The maximum atomic E-state index is 12.4. The minimum absolute atomic E-state index is 0. The Labute approximate surface area is 480 Å². The summed E-state index contributed by atoms with van der Waals surface area (Å²) in [4.78, 5) is 135. The second-order valence-corrected chi connectivity index (χ2v) is 21.4. The number of hydrogen-bond acceptors (Lipinski definition) is 25. The summed E-state index contributed by atoms with van der Waals surface area (Å²) in [6.45, 7) is 12.4. The predicted molar refractivity (Wildman–Crippen MR) is 346 cm³/mol. The highest BCUT2D eigenvalue weighted by atomic mass is 16.2. The third-order valence-corrected chi connectivity index (χ3v) is 14.7. The molecule has 1 aliphatic heterocycles. The largest absolute Gasteiger partial charge is 0.380 e. The summed E-state index contributed by atoms with van der Waals surface area (Å²) in [5.41, 5.74) is -2.16. The van der Waals surface area contributed by atoms with Crippen molar-refractivity contribution in [2.24, 2.45) is 0 Å². The van der Waals surface area contributed by atoms with E-state index in [0.717, 1.165) is 130 Å². The summed E-state index contributed by atoms with van der Waals surface area (Å²) in [6, 6.07) is 0. The summed E-state index contributed by atoms with van der Waals surface area (Å²) in [5, 5.41) is 31.3. The van der Waals surface area contributed by atoms with Gasteiger partial charge in [-0.2, -0.15) is 0 Å². The highest BCUT2D eigenvalue weighted by Gasteiger charge is 2.24. The summed E-state index contributed by atoms with van der Waals surface area (Å²) >= 11 is 0. The van der Waals surface area contributed by atoms with E-state index in [1.807, 2.05) is 35.2 Å². The topological polar surface area (TPSA) is 307 Å². The van der Waals surface area contributed by atoms with Crippen molar-refractivity contribution < 1.29 is 14.3 Å². The third-order valence-electron chi connectivity index (χ3n) is 14.7. The molecule has 0 spiro atoms. The Hall–Kier alpha value is -6.80. The molecule has 0 unspecified atom stereocenters. The first-order valence-electron chi connectivity index (χ1n) is 28.5. The van der Waals surface area contributed by atoms with Crippen molar-refractivity contribution >= 4 is 56.9 Å². The van der Waals surface area contributed by atoms with E-state index in [1.165, 1.54) is 0 Å². The second-order valence-electron chi connectivity index (χ2n) is 21.4. The van der Waals surface area contributed by atoms with Crippen LogP contribution >= 0.6 is 0 Å². The van der Waals surface area contributed by atoms with Crippen LogP contribution in [0.2, 0.25) is 0 Å². The average molecular weight is 1140 g/mol. The van der Waals surface area contributed by atoms with Gasteiger partial charge >= 0.3 is 0 Å². The highest BCUT2D eigenvalue weighted by molar-refractivity contribution is 5.76. The van der Waals surface area contributed by atoms with E-state index >= 15 is 0 Å². The van der Waals surface area contributed by atoms with Gasteiger partial charge in [0.1, 0.15) is 56.9 Å². The molecular weight excluding hydrogens is 1030 g/mol. The fourth-order valence-corrected chi connectivity index (χ4v) is 9.83. The van der Waals surface area contributed by atoms with Gasteiger partial charge in [0.25, 0.3) is 54.3 Å². The first-order valence-corrected chi connectivity index (χ1v) is 28.5. The van der Waals surface area contributed by atoms with Crippen LogP contribution in [0.15, 0.2) is 47.9 Å². The average Bonchev–Trinajstić information content (AvgIpc) is 1.30. The van der Waals surface area contributed by atoms with Crippen molar-refractivity contribution in [2.75, 3.05) is 219 Å². The molecule has 25 nitrogen and oxygen atoms in total. The van der Waals surface area contributed by atoms with Gasteiger partial charge in [-0.3, -0.25) is 47.9 Å². The standard InChI is InChI=1S/C55H85N15O10.10H2/c1-66-26-6-16-56-36-38(48(73)46(36)71)58-18-8-28-67(2)30-10-20-60-40-42(52(77)50(40)75)62-22-12-32-69(4)34-14-24-64-44-45(55(80)54(44)79)65-25-15-35-70(5)33-13-23-63-43-41(51(76)53(43)78)61-21-11-31-68(3)29-9-19-59-39-37(47(72)49(39)74)57-17-7-27-66;;;;;;;;;;/h56-65H,6-35H2,1-5H3;10*1H. The van der Waals surface area contributed by atoms with E-state index in [9.17, 15) is 47.9 Å². The fraction of sp³-hybridized carbons (Fsp3) is 0.636. The monoisotopic (exact) mass is 1140 g/mol. The summed E-state index contributed by atoms with van der Waals surface area (Å²) in [7, 11) is 9.93. The lowest BCUT2D eigenvalue weighted by atomic mass is 10.1.